The summed E-state index contributed by atoms with van der Waals surface area (Å²) >= 11 is 6.28. The number of nitrogens with one attached hydrogen (secondary N) is 1. The third kappa shape index (κ3) is 4.87. The van der Waals surface area contributed by atoms with Crippen LogP contribution in [-0.4, -0.2) is 32.5 Å². The highest BCUT2D eigenvalue weighted by Crippen LogP contribution is 2.34. The fraction of sp³-hybridized carbons (Fsp3) is 0.217. The van der Waals surface area contributed by atoms with Crippen molar-refractivity contribution in [2.45, 2.75) is 24.3 Å². The maximum atomic E-state index is 13.3. The van der Waals surface area contributed by atoms with E-state index in [2.05, 4.69) is 10.3 Å². The second-order valence-corrected chi connectivity index (χ2v) is 9.60. The molecule has 0 radical (unpaired) electrons. The zero-order valence-electron chi connectivity index (χ0n) is 17.2. The van der Waals surface area contributed by atoms with E-state index < -0.39 is 10.0 Å². The number of aryl methyl sites for hydroxylation is 1. The second-order valence-electron chi connectivity index (χ2n) is 7.33. The number of rotatable bonds is 7. The van der Waals surface area contributed by atoms with Crippen LogP contribution in [0.15, 0.2) is 71.9 Å². The Labute approximate surface area is 192 Å². The Morgan fingerprint density at radius 1 is 1.16 bits per heavy atom. The average molecular weight is 472 g/mol. The van der Waals surface area contributed by atoms with Crippen molar-refractivity contribution in [3.8, 4) is 5.75 Å². The number of carbonyl (C=O) groups is 1. The van der Waals surface area contributed by atoms with Gasteiger partial charge in [0, 0.05) is 25.5 Å². The van der Waals surface area contributed by atoms with Crippen LogP contribution in [0.1, 0.15) is 17.5 Å². The minimum Gasteiger partial charge on any atom is -0.482 e. The standard InChI is InChI=1S/C23H22ClN3O4S/c24-20-13-19(32(29,30)27-12-4-7-18-6-1-2-8-21(18)27)9-10-22(20)31-16-23(28)26-15-17-5-3-11-25-14-17/h1-3,5-6,8-11,13-14H,4,7,12,15-16H2,(H,26,28). The molecule has 32 heavy (non-hydrogen) atoms. The number of carbonyl (C=O) groups excluding carboxylic acids is 1. The quantitative estimate of drug-likeness (QED) is 0.569. The normalized spacial score (nSPS) is 13.3. The Morgan fingerprint density at radius 2 is 2.00 bits per heavy atom. The molecule has 0 saturated heterocycles. The summed E-state index contributed by atoms with van der Waals surface area (Å²) < 4.78 is 33.4. The van der Waals surface area contributed by atoms with Gasteiger partial charge in [0.2, 0.25) is 0 Å². The Hall–Kier alpha value is -3.10. The monoisotopic (exact) mass is 471 g/mol. The van der Waals surface area contributed by atoms with Gasteiger partial charge in [-0.05, 0) is 54.3 Å². The maximum absolute atomic E-state index is 13.3. The van der Waals surface area contributed by atoms with Crippen LogP contribution in [0.3, 0.4) is 0 Å². The van der Waals surface area contributed by atoms with Gasteiger partial charge in [0.25, 0.3) is 15.9 Å². The first-order chi connectivity index (χ1) is 15.4. The van der Waals surface area contributed by atoms with Crippen LogP contribution >= 0.6 is 11.6 Å². The number of ether oxygens (including phenoxy) is 1. The highest BCUT2D eigenvalue weighted by atomic mass is 35.5. The van der Waals surface area contributed by atoms with E-state index in [-0.39, 0.29) is 28.2 Å². The van der Waals surface area contributed by atoms with Crippen LogP contribution < -0.4 is 14.4 Å². The van der Waals surface area contributed by atoms with Crippen LogP contribution in [-0.2, 0) is 27.8 Å². The lowest BCUT2D eigenvalue weighted by molar-refractivity contribution is -0.123. The van der Waals surface area contributed by atoms with Crippen molar-refractivity contribution in [2.75, 3.05) is 17.5 Å². The van der Waals surface area contributed by atoms with Crippen molar-refractivity contribution in [3.63, 3.8) is 0 Å². The molecule has 2 heterocycles. The molecule has 0 saturated carbocycles. The van der Waals surface area contributed by atoms with Gasteiger partial charge in [-0.15, -0.1) is 0 Å². The lowest BCUT2D eigenvalue weighted by Gasteiger charge is -2.30. The zero-order chi connectivity index (χ0) is 22.6. The highest BCUT2D eigenvalue weighted by molar-refractivity contribution is 7.92. The first-order valence-corrected chi connectivity index (χ1v) is 12.0. The molecule has 1 amide bonds. The van der Waals surface area contributed by atoms with Crippen LogP contribution in [0.25, 0.3) is 0 Å². The number of sulfonamides is 1. The molecule has 0 spiro atoms. The topological polar surface area (TPSA) is 88.6 Å². The van der Waals surface area contributed by atoms with Crippen LogP contribution in [0.2, 0.25) is 5.02 Å². The molecule has 166 valence electrons. The Morgan fingerprint density at radius 3 is 2.78 bits per heavy atom. The summed E-state index contributed by atoms with van der Waals surface area (Å²) in [6.45, 7) is 0.496. The summed E-state index contributed by atoms with van der Waals surface area (Å²) in [4.78, 5) is 16.1. The first-order valence-electron chi connectivity index (χ1n) is 10.1. The number of hydrogen-bond donors (Lipinski definition) is 1. The lowest BCUT2D eigenvalue weighted by Crippen LogP contribution is -2.35. The van der Waals surface area contributed by atoms with Crippen LogP contribution in [0.4, 0.5) is 5.69 Å². The predicted octanol–water partition coefficient (Wildman–Crippen LogP) is 3.57. The minimum atomic E-state index is -3.78. The largest absolute Gasteiger partial charge is 0.482 e. The van der Waals surface area contributed by atoms with Crippen LogP contribution in [0.5, 0.6) is 5.75 Å². The fourth-order valence-electron chi connectivity index (χ4n) is 3.53. The molecule has 0 aliphatic carbocycles. The van der Waals surface area contributed by atoms with Gasteiger partial charge in [0.05, 0.1) is 15.6 Å². The average Bonchev–Trinajstić information content (AvgIpc) is 2.82. The van der Waals surface area contributed by atoms with E-state index in [9.17, 15) is 13.2 Å². The molecule has 0 atom stereocenters. The van der Waals surface area contributed by atoms with Gasteiger partial charge in [-0.1, -0.05) is 35.9 Å². The molecule has 2 aromatic carbocycles. The number of aromatic nitrogens is 1. The molecule has 4 rings (SSSR count). The molecule has 1 aliphatic rings. The molecule has 7 nitrogen and oxygen atoms in total. The van der Waals surface area contributed by atoms with E-state index >= 15 is 0 Å². The fourth-order valence-corrected chi connectivity index (χ4v) is 5.40. The summed E-state index contributed by atoms with van der Waals surface area (Å²) in [7, 11) is -3.78. The zero-order valence-corrected chi connectivity index (χ0v) is 18.8. The number of para-hydroxylation sites is 1. The van der Waals surface area contributed by atoms with Gasteiger partial charge in [0.15, 0.2) is 6.61 Å². The van der Waals surface area contributed by atoms with Gasteiger partial charge in [0.1, 0.15) is 5.75 Å². The molecular formula is C23H22ClN3O4S. The number of hydrogen-bond acceptors (Lipinski definition) is 5. The van der Waals surface area contributed by atoms with Crippen molar-refractivity contribution < 1.29 is 17.9 Å². The molecular weight excluding hydrogens is 450 g/mol. The van der Waals surface area contributed by atoms with Gasteiger partial charge in [-0.25, -0.2) is 8.42 Å². The molecule has 1 aromatic heterocycles. The van der Waals surface area contributed by atoms with E-state index in [1.54, 1.807) is 18.5 Å². The second kappa shape index (κ2) is 9.58. The summed E-state index contributed by atoms with van der Waals surface area (Å²) in [5, 5.41) is 2.85. The lowest BCUT2D eigenvalue weighted by atomic mass is 10.0. The minimum absolute atomic E-state index is 0.0765. The number of anilines is 1. The number of nitrogens with zero attached hydrogens (tertiary/aromatic N) is 2. The Balaban J connectivity index is 1.42. The Kier molecular flexibility index (Phi) is 6.62. The van der Waals surface area contributed by atoms with Crippen molar-refractivity contribution >= 4 is 33.2 Å². The SMILES string of the molecule is O=C(COc1ccc(S(=O)(=O)N2CCCc3ccccc32)cc1Cl)NCc1cccnc1. The van der Waals surface area contributed by atoms with Crippen molar-refractivity contribution in [2.24, 2.45) is 0 Å². The molecule has 9 heteroatoms. The van der Waals surface area contributed by atoms with E-state index in [4.69, 9.17) is 16.3 Å². The first kappa shape index (κ1) is 22.1. The molecule has 1 aliphatic heterocycles. The van der Waals surface area contributed by atoms with Gasteiger partial charge < -0.3 is 10.1 Å². The summed E-state index contributed by atoms with van der Waals surface area (Å²) in [6, 6.07) is 15.4. The Bertz CT molecular complexity index is 1220. The number of fused-ring (bicyclic) bond motifs is 1. The number of amides is 1. The number of benzene rings is 2. The third-order valence-corrected chi connectivity index (χ3v) is 7.23. The summed E-state index contributed by atoms with van der Waals surface area (Å²) in [5.41, 5.74) is 2.57. The van der Waals surface area contributed by atoms with E-state index in [0.717, 1.165) is 24.0 Å². The molecule has 1 N–H and O–H groups in total. The van der Waals surface area contributed by atoms with Gasteiger partial charge in [-0.3, -0.25) is 14.1 Å². The van der Waals surface area contributed by atoms with Crippen LogP contribution in [0, 0.1) is 0 Å². The van der Waals surface area contributed by atoms with Gasteiger partial charge in [-0.2, -0.15) is 0 Å². The molecule has 0 fully saturated rings. The maximum Gasteiger partial charge on any atom is 0.264 e. The number of halogens is 1. The third-order valence-electron chi connectivity index (χ3n) is 5.13. The number of pyridine rings is 1. The molecule has 3 aromatic rings. The smallest absolute Gasteiger partial charge is 0.264 e. The predicted molar refractivity (Wildman–Crippen MR) is 122 cm³/mol. The van der Waals surface area contributed by atoms with E-state index in [0.29, 0.717) is 18.8 Å². The molecule has 0 bridgehead atoms. The molecule has 0 unspecified atom stereocenters. The van der Waals surface area contributed by atoms with Crippen molar-refractivity contribution in [1.82, 2.24) is 10.3 Å². The van der Waals surface area contributed by atoms with Gasteiger partial charge >= 0.3 is 0 Å². The highest BCUT2D eigenvalue weighted by Gasteiger charge is 2.29. The van der Waals surface area contributed by atoms with Crippen molar-refractivity contribution in [3.05, 3.63) is 83.1 Å². The summed E-state index contributed by atoms with van der Waals surface area (Å²) in [5.74, 6) is -0.0901. The van der Waals surface area contributed by atoms with E-state index in [1.807, 2.05) is 30.3 Å². The van der Waals surface area contributed by atoms with Crippen molar-refractivity contribution in [1.29, 1.82) is 0 Å². The summed E-state index contributed by atoms with van der Waals surface area (Å²) in [6.07, 6.45) is 4.92. The van der Waals surface area contributed by atoms with E-state index in [1.165, 1.54) is 22.5 Å².